The van der Waals surface area contributed by atoms with Crippen LogP contribution in [0.25, 0.3) is 0 Å². The number of nitrogens with one attached hydrogen (secondary N) is 1. The van der Waals surface area contributed by atoms with Crippen LogP contribution in [0.15, 0.2) is 24.3 Å². The van der Waals surface area contributed by atoms with Gasteiger partial charge in [-0.3, -0.25) is 4.72 Å². The van der Waals surface area contributed by atoms with E-state index in [1.54, 1.807) is 12.1 Å². The molecule has 1 atom stereocenters. The molecule has 1 unspecified atom stereocenters. The minimum atomic E-state index is -3.28. The lowest BCUT2D eigenvalue weighted by Crippen LogP contribution is -2.20. The van der Waals surface area contributed by atoms with Crippen molar-refractivity contribution in [2.75, 3.05) is 10.5 Å². The third kappa shape index (κ3) is 6.07. The van der Waals surface area contributed by atoms with Crippen LogP contribution in [0.4, 0.5) is 5.69 Å². The second-order valence-corrected chi connectivity index (χ2v) is 7.98. The molecule has 5 heteroatoms. The number of benzene rings is 1. The second-order valence-electron chi connectivity index (χ2n) is 6.14. The maximum Gasteiger partial charge on any atom is 0.232 e. The summed E-state index contributed by atoms with van der Waals surface area (Å²) >= 11 is 0. The Labute approximate surface area is 116 Å². The van der Waals surface area contributed by atoms with Crippen molar-refractivity contribution in [1.29, 1.82) is 0 Å². The Morgan fingerprint density at radius 2 is 1.74 bits per heavy atom. The summed E-state index contributed by atoms with van der Waals surface area (Å²) in [6.07, 6.45) is 0.625. The number of hydrogen-bond donors (Lipinski definition) is 2. The van der Waals surface area contributed by atoms with Crippen LogP contribution in [0.5, 0.6) is 0 Å². The molecule has 1 aromatic carbocycles. The van der Waals surface area contributed by atoms with E-state index in [4.69, 9.17) is 5.73 Å². The van der Waals surface area contributed by atoms with Gasteiger partial charge >= 0.3 is 0 Å². The van der Waals surface area contributed by atoms with Gasteiger partial charge < -0.3 is 5.73 Å². The van der Waals surface area contributed by atoms with Crippen LogP contribution < -0.4 is 10.5 Å². The van der Waals surface area contributed by atoms with Crippen LogP contribution in [-0.4, -0.2) is 14.2 Å². The Morgan fingerprint density at radius 1 is 1.21 bits per heavy atom. The van der Waals surface area contributed by atoms with Gasteiger partial charge in [0.2, 0.25) is 10.0 Å². The fourth-order valence-corrected chi connectivity index (χ4v) is 3.00. The van der Waals surface area contributed by atoms with E-state index in [1.165, 1.54) is 0 Å². The third-order valence-electron chi connectivity index (χ3n) is 2.83. The van der Waals surface area contributed by atoms with Gasteiger partial charge in [0.25, 0.3) is 0 Å². The van der Waals surface area contributed by atoms with Crippen molar-refractivity contribution < 1.29 is 8.42 Å². The summed E-state index contributed by atoms with van der Waals surface area (Å²) in [5, 5.41) is 0. The van der Waals surface area contributed by atoms with Crippen LogP contribution in [0.2, 0.25) is 0 Å². The van der Waals surface area contributed by atoms with Gasteiger partial charge in [-0.15, -0.1) is 0 Å². The van der Waals surface area contributed by atoms with Gasteiger partial charge in [-0.2, -0.15) is 0 Å². The fourth-order valence-electron chi connectivity index (χ4n) is 1.53. The average Bonchev–Trinajstić information content (AvgIpc) is 2.26. The number of anilines is 1. The largest absolute Gasteiger partial charge is 0.324 e. The first kappa shape index (κ1) is 16.0. The summed E-state index contributed by atoms with van der Waals surface area (Å²) in [6, 6.07) is 7.12. The molecule has 1 rings (SSSR count). The van der Waals surface area contributed by atoms with Crippen molar-refractivity contribution in [3.63, 3.8) is 0 Å². The highest BCUT2D eigenvalue weighted by molar-refractivity contribution is 7.92. The van der Waals surface area contributed by atoms with E-state index in [0.717, 1.165) is 5.56 Å². The maximum atomic E-state index is 11.9. The molecular formula is C14H24N2O2S. The molecule has 0 spiro atoms. The van der Waals surface area contributed by atoms with Gasteiger partial charge in [-0.1, -0.05) is 32.9 Å². The summed E-state index contributed by atoms with van der Waals surface area (Å²) in [5.74, 6) is 0.130. The lowest BCUT2D eigenvalue weighted by molar-refractivity contribution is 0.397. The minimum absolute atomic E-state index is 0.00753. The summed E-state index contributed by atoms with van der Waals surface area (Å²) in [4.78, 5) is 0. The number of nitrogens with two attached hydrogens (primary N) is 1. The molecule has 0 heterocycles. The molecule has 0 fully saturated rings. The van der Waals surface area contributed by atoms with Crippen LogP contribution in [-0.2, 0) is 10.0 Å². The average molecular weight is 284 g/mol. The molecule has 108 valence electrons. The number of rotatable bonds is 5. The fraction of sp³-hybridized carbons (Fsp3) is 0.571. The van der Waals surface area contributed by atoms with E-state index in [9.17, 15) is 8.42 Å². The molecule has 0 aliphatic rings. The van der Waals surface area contributed by atoms with Gasteiger partial charge in [0.05, 0.1) is 5.75 Å². The first-order chi connectivity index (χ1) is 8.59. The molecule has 0 saturated carbocycles. The molecular weight excluding hydrogens is 260 g/mol. The van der Waals surface area contributed by atoms with Gasteiger partial charge in [-0.05, 0) is 36.5 Å². The molecule has 0 saturated heterocycles. The molecule has 3 N–H and O–H groups in total. The predicted octanol–water partition coefficient (Wildman–Crippen LogP) is 2.88. The van der Waals surface area contributed by atoms with E-state index >= 15 is 0 Å². The zero-order valence-electron chi connectivity index (χ0n) is 12.1. The highest BCUT2D eigenvalue weighted by Crippen LogP contribution is 2.20. The van der Waals surface area contributed by atoms with Gasteiger partial charge in [0.15, 0.2) is 0 Å². The van der Waals surface area contributed by atoms with Gasteiger partial charge in [-0.25, -0.2) is 8.42 Å². The van der Waals surface area contributed by atoms with Crippen LogP contribution in [0, 0.1) is 5.41 Å². The van der Waals surface area contributed by atoms with Gasteiger partial charge in [0.1, 0.15) is 0 Å². The first-order valence-corrected chi connectivity index (χ1v) is 8.10. The molecule has 0 aliphatic carbocycles. The standard InChI is InChI=1S/C14H24N2O2S/c1-11(15)12-5-7-13(8-6-12)16-19(17,18)10-9-14(2,3)4/h5-8,11,16H,9-10,15H2,1-4H3. The first-order valence-electron chi connectivity index (χ1n) is 6.45. The van der Waals surface area contributed by atoms with Crippen LogP contribution in [0.3, 0.4) is 0 Å². The third-order valence-corrected chi connectivity index (χ3v) is 4.12. The lowest BCUT2D eigenvalue weighted by atomic mass is 9.94. The van der Waals surface area contributed by atoms with E-state index in [0.29, 0.717) is 12.1 Å². The zero-order valence-corrected chi connectivity index (χ0v) is 12.9. The predicted molar refractivity (Wildman–Crippen MR) is 80.5 cm³/mol. The summed E-state index contributed by atoms with van der Waals surface area (Å²) in [7, 11) is -3.28. The van der Waals surface area contributed by atoms with Crippen molar-refractivity contribution in [2.45, 2.75) is 40.2 Å². The zero-order chi connectivity index (χ0) is 14.7. The molecule has 19 heavy (non-hydrogen) atoms. The molecule has 0 aromatic heterocycles. The highest BCUT2D eigenvalue weighted by Gasteiger charge is 2.17. The monoisotopic (exact) mass is 284 g/mol. The van der Waals surface area contributed by atoms with Crippen molar-refractivity contribution in [2.24, 2.45) is 11.1 Å². The van der Waals surface area contributed by atoms with E-state index in [-0.39, 0.29) is 17.2 Å². The lowest BCUT2D eigenvalue weighted by Gasteiger charge is -2.18. The van der Waals surface area contributed by atoms with Crippen molar-refractivity contribution in [1.82, 2.24) is 0 Å². The SMILES string of the molecule is CC(N)c1ccc(NS(=O)(=O)CCC(C)(C)C)cc1. The van der Waals surface area contributed by atoms with Crippen molar-refractivity contribution >= 4 is 15.7 Å². The summed E-state index contributed by atoms with van der Waals surface area (Å²) < 4.78 is 26.4. The van der Waals surface area contributed by atoms with Crippen LogP contribution >= 0.6 is 0 Å². The molecule has 4 nitrogen and oxygen atoms in total. The Hall–Kier alpha value is -1.07. The summed E-state index contributed by atoms with van der Waals surface area (Å²) in [6.45, 7) is 7.97. The Kier molecular flexibility index (Phi) is 4.98. The minimum Gasteiger partial charge on any atom is -0.324 e. The molecule has 1 aromatic rings. The molecule has 0 amide bonds. The Bertz CT molecular complexity index is 499. The number of hydrogen-bond acceptors (Lipinski definition) is 3. The van der Waals surface area contributed by atoms with Crippen LogP contribution in [0.1, 0.15) is 45.7 Å². The Morgan fingerprint density at radius 3 is 2.16 bits per heavy atom. The quantitative estimate of drug-likeness (QED) is 0.873. The van der Waals surface area contributed by atoms with E-state index in [1.807, 2.05) is 39.8 Å². The Balaban J connectivity index is 2.68. The molecule has 0 bridgehead atoms. The van der Waals surface area contributed by atoms with Crippen molar-refractivity contribution in [3.05, 3.63) is 29.8 Å². The highest BCUT2D eigenvalue weighted by atomic mass is 32.2. The van der Waals surface area contributed by atoms with E-state index in [2.05, 4.69) is 4.72 Å². The molecule has 0 aliphatic heterocycles. The van der Waals surface area contributed by atoms with Gasteiger partial charge in [0, 0.05) is 11.7 Å². The molecule has 0 radical (unpaired) electrons. The smallest absolute Gasteiger partial charge is 0.232 e. The van der Waals surface area contributed by atoms with E-state index < -0.39 is 10.0 Å². The normalized spacial score (nSPS) is 14.2. The maximum absolute atomic E-state index is 11.9. The summed E-state index contributed by atoms with van der Waals surface area (Å²) in [5.41, 5.74) is 7.32. The topological polar surface area (TPSA) is 72.2 Å². The second kappa shape index (κ2) is 5.92. The number of sulfonamides is 1. The van der Waals surface area contributed by atoms with Crippen molar-refractivity contribution in [3.8, 4) is 0 Å².